The Morgan fingerprint density at radius 2 is 1.42 bits per heavy atom. The maximum Gasteiger partial charge on any atom is 0.324 e. The van der Waals surface area contributed by atoms with E-state index in [0.29, 0.717) is 72.4 Å². The Labute approximate surface area is 192 Å². The molecule has 0 rings (SSSR count). The molecule has 31 heavy (non-hydrogen) atoms. The van der Waals surface area contributed by atoms with Crippen molar-refractivity contribution in [3.63, 3.8) is 0 Å². The van der Waals surface area contributed by atoms with Gasteiger partial charge in [-0.2, -0.15) is 0 Å². The number of amides is 1. The van der Waals surface area contributed by atoms with Crippen molar-refractivity contribution in [2.45, 2.75) is 59.0 Å². The molecular weight excluding hydrogens is 445 g/mol. The van der Waals surface area contributed by atoms with Crippen LogP contribution in [0.4, 0.5) is 0 Å². The van der Waals surface area contributed by atoms with Crippen LogP contribution in [-0.4, -0.2) is 82.9 Å². The zero-order valence-electron chi connectivity index (χ0n) is 19.3. The van der Waals surface area contributed by atoms with E-state index < -0.39 is 6.72 Å². The first-order valence-electron chi connectivity index (χ1n) is 11.1. The molecule has 2 N–H and O–H groups in total. The fraction of sp³-hybridized carbons (Fsp3) is 0.950. The van der Waals surface area contributed by atoms with E-state index in [9.17, 15) is 9.69 Å². The highest BCUT2D eigenvalue weighted by atomic mass is 32.5. The van der Waals surface area contributed by atoms with E-state index >= 15 is 0 Å². The van der Waals surface area contributed by atoms with Crippen molar-refractivity contribution in [2.24, 2.45) is 0 Å². The number of carbonyl (C=O) groups is 1. The molecule has 0 saturated heterocycles. The lowest BCUT2D eigenvalue weighted by Crippen LogP contribution is -2.25. The number of nitrogens with one attached hydrogen (secondary N) is 1. The number of carbonyl (C=O) groups excluding carboxylic acids is 1. The predicted molar refractivity (Wildman–Crippen MR) is 124 cm³/mol. The Bertz CT molecular complexity index is 470. The van der Waals surface area contributed by atoms with Gasteiger partial charge >= 0.3 is 6.72 Å². The first-order chi connectivity index (χ1) is 14.9. The van der Waals surface area contributed by atoms with Gasteiger partial charge in [-0.15, -0.1) is 0 Å². The molecule has 0 aliphatic rings. The van der Waals surface area contributed by atoms with Gasteiger partial charge in [0.25, 0.3) is 0 Å². The van der Waals surface area contributed by atoms with Crippen LogP contribution in [0.25, 0.3) is 0 Å². The molecule has 0 aromatic heterocycles. The highest BCUT2D eigenvalue weighted by Crippen LogP contribution is 2.44. The van der Waals surface area contributed by atoms with E-state index in [-0.39, 0.29) is 12.0 Å². The molecule has 11 heteroatoms. The molecule has 0 bridgehead atoms. The maximum absolute atomic E-state index is 11.7. The SMILES string of the molecule is CCOCCOCCOCCOCCC(=O)NCCCCCCOP(O)(=S)OC(C)C. The largest absolute Gasteiger partial charge is 0.379 e. The molecule has 0 aliphatic heterocycles. The summed E-state index contributed by atoms with van der Waals surface area (Å²) in [5.41, 5.74) is 0. The summed E-state index contributed by atoms with van der Waals surface area (Å²) in [5, 5.41) is 2.88. The molecular formula is C20H42NO8PS. The van der Waals surface area contributed by atoms with Gasteiger partial charge in [0.1, 0.15) is 0 Å². The van der Waals surface area contributed by atoms with Gasteiger partial charge in [0.2, 0.25) is 5.91 Å². The van der Waals surface area contributed by atoms with E-state index in [1.54, 1.807) is 13.8 Å². The number of hydrogen-bond donors (Lipinski definition) is 2. The second-order valence-corrected chi connectivity index (χ2v) is 9.79. The summed E-state index contributed by atoms with van der Waals surface area (Å²) >= 11 is 4.91. The van der Waals surface area contributed by atoms with Crippen LogP contribution < -0.4 is 5.32 Å². The molecule has 186 valence electrons. The van der Waals surface area contributed by atoms with Gasteiger partial charge in [-0.25, -0.2) is 0 Å². The highest BCUT2D eigenvalue weighted by Gasteiger charge is 2.16. The number of hydrogen-bond acceptors (Lipinski definition) is 8. The van der Waals surface area contributed by atoms with Gasteiger partial charge in [0.15, 0.2) is 0 Å². The normalized spacial score (nSPS) is 13.5. The monoisotopic (exact) mass is 487 g/mol. The average Bonchev–Trinajstić information content (AvgIpc) is 2.69. The number of ether oxygens (including phenoxy) is 4. The van der Waals surface area contributed by atoms with E-state index in [2.05, 4.69) is 5.32 Å². The lowest BCUT2D eigenvalue weighted by Gasteiger charge is -2.17. The molecule has 0 aliphatic carbocycles. The van der Waals surface area contributed by atoms with Gasteiger partial charge in [-0.3, -0.25) is 4.79 Å². The van der Waals surface area contributed by atoms with Crippen LogP contribution in [0.15, 0.2) is 0 Å². The molecule has 0 aromatic rings. The van der Waals surface area contributed by atoms with Gasteiger partial charge in [0, 0.05) is 19.6 Å². The van der Waals surface area contributed by atoms with Crippen LogP contribution in [0, 0.1) is 0 Å². The minimum absolute atomic E-state index is 0.0150. The molecule has 0 saturated carbocycles. The summed E-state index contributed by atoms with van der Waals surface area (Å²) in [6.45, 7) is 7.72. The summed E-state index contributed by atoms with van der Waals surface area (Å²) in [7, 11) is 0. The summed E-state index contributed by atoms with van der Waals surface area (Å²) < 4.78 is 31.7. The van der Waals surface area contributed by atoms with Crippen LogP contribution in [0.2, 0.25) is 0 Å². The second-order valence-electron chi connectivity index (χ2n) is 7.00. The van der Waals surface area contributed by atoms with Crippen molar-refractivity contribution in [1.29, 1.82) is 0 Å². The van der Waals surface area contributed by atoms with Gasteiger partial charge in [-0.05, 0) is 45.4 Å². The van der Waals surface area contributed by atoms with E-state index in [1.165, 1.54) is 0 Å². The lowest BCUT2D eigenvalue weighted by atomic mass is 10.2. The Morgan fingerprint density at radius 1 is 0.871 bits per heavy atom. The zero-order chi connectivity index (χ0) is 23.2. The minimum Gasteiger partial charge on any atom is -0.379 e. The molecule has 0 fully saturated rings. The van der Waals surface area contributed by atoms with Gasteiger partial charge in [-0.1, -0.05) is 12.8 Å². The van der Waals surface area contributed by atoms with Crippen molar-refractivity contribution < 1.29 is 37.7 Å². The fourth-order valence-corrected chi connectivity index (χ4v) is 4.04. The van der Waals surface area contributed by atoms with E-state index in [0.717, 1.165) is 25.7 Å². The summed E-state index contributed by atoms with van der Waals surface area (Å²) in [5.74, 6) is -0.0150. The van der Waals surface area contributed by atoms with E-state index in [4.69, 9.17) is 39.8 Å². The summed E-state index contributed by atoms with van der Waals surface area (Å²) in [6.07, 6.45) is 3.77. The maximum atomic E-state index is 11.7. The number of unbranched alkanes of at least 4 members (excludes halogenated alkanes) is 3. The van der Waals surface area contributed by atoms with Crippen molar-refractivity contribution >= 4 is 24.4 Å². The lowest BCUT2D eigenvalue weighted by molar-refractivity contribution is -0.122. The smallest absolute Gasteiger partial charge is 0.324 e. The minimum atomic E-state index is -3.10. The summed E-state index contributed by atoms with van der Waals surface area (Å²) in [4.78, 5) is 21.5. The quantitative estimate of drug-likeness (QED) is 0.166. The molecule has 1 unspecified atom stereocenters. The van der Waals surface area contributed by atoms with Crippen LogP contribution in [0.5, 0.6) is 0 Å². The molecule has 0 radical (unpaired) electrons. The van der Waals surface area contributed by atoms with Gasteiger partial charge in [0.05, 0.1) is 59.0 Å². The Hall–Kier alpha value is -0.160. The predicted octanol–water partition coefficient (Wildman–Crippen LogP) is 2.80. The first kappa shape index (κ1) is 30.8. The highest BCUT2D eigenvalue weighted by molar-refractivity contribution is 8.07. The third kappa shape index (κ3) is 24.3. The van der Waals surface area contributed by atoms with Crippen LogP contribution in [-0.2, 0) is 44.6 Å². The average molecular weight is 488 g/mol. The molecule has 1 amide bonds. The van der Waals surface area contributed by atoms with Crippen molar-refractivity contribution in [1.82, 2.24) is 5.32 Å². The van der Waals surface area contributed by atoms with Crippen LogP contribution in [0.1, 0.15) is 52.9 Å². The topological polar surface area (TPSA) is 105 Å². The fourth-order valence-electron chi connectivity index (χ4n) is 2.34. The second kappa shape index (κ2) is 21.7. The third-order valence-corrected chi connectivity index (χ3v) is 5.56. The van der Waals surface area contributed by atoms with E-state index in [1.807, 2.05) is 6.92 Å². The Balaban J connectivity index is 3.31. The molecule has 0 heterocycles. The van der Waals surface area contributed by atoms with Crippen molar-refractivity contribution in [3.8, 4) is 0 Å². The molecule has 0 aromatic carbocycles. The standard InChI is InChI=1S/C20H42NO8PS/c1-4-24-13-14-26-17-18-27-16-15-25-12-9-20(22)21-10-7-5-6-8-11-28-30(23,31)29-19(2)3/h19H,4-18H2,1-3H3,(H,21,22)(H,23,31). The van der Waals surface area contributed by atoms with Crippen molar-refractivity contribution in [3.05, 3.63) is 0 Å². The zero-order valence-corrected chi connectivity index (χ0v) is 21.1. The van der Waals surface area contributed by atoms with Crippen molar-refractivity contribution in [2.75, 3.05) is 66.0 Å². The Morgan fingerprint density at radius 3 is 2.00 bits per heavy atom. The van der Waals surface area contributed by atoms with Gasteiger partial charge < -0.3 is 38.2 Å². The van der Waals surface area contributed by atoms with Crippen LogP contribution in [0.3, 0.4) is 0 Å². The summed E-state index contributed by atoms with van der Waals surface area (Å²) in [6, 6.07) is 0. The van der Waals surface area contributed by atoms with Crippen LogP contribution >= 0.6 is 6.72 Å². The molecule has 1 atom stereocenters. The third-order valence-electron chi connectivity index (χ3n) is 3.79. The Kier molecular flexibility index (Phi) is 21.6. The molecule has 9 nitrogen and oxygen atoms in total. The first-order valence-corrected chi connectivity index (χ1v) is 13.7. The number of rotatable bonds is 23. The molecule has 0 spiro atoms.